The minimum Gasteiger partial charge on any atom is -0.319 e. The highest BCUT2D eigenvalue weighted by Gasteiger charge is 2.36. The lowest BCUT2D eigenvalue weighted by molar-refractivity contribution is -0.142. The average Bonchev–Trinajstić information content (AvgIpc) is 3.06. The molecule has 2 heterocycles. The summed E-state index contributed by atoms with van der Waals surface area (Å²) in [5, 5.41) is 6.82. The Bertz CT molecular complexity index is 1320. The van der Waals surface area contributed by atoms with Gasteiger partial charge in [0.15, 0.2) is 11.3 Å². The van der Waals surface area contributed by atoms with Crippen LogP contribution in [0.3, 0.4) is 0 Å². The highest BCUT2D eigenvalue weighted by molar-refractivity contribution is 7.99. The molecule has 0 bridgehead atoms. The van der Waals surface area contributed by atoms with Crippen molar-refractivity contribution < 1.29 is 18.0 Å². The molecule has 32 heavy (non-hydrogen) atoms. The van der Waals surface area contributed by atoms with Crippen LogP contribution in [0.2, 0.25) is 10.0 Å². The molecule has 2 aromatic carbocycles. The molecule has 0 unspecified atom stereocenters. The summed E-state index contributed by atoms with van der Waals surface area (Å²) in [5.41, 5.74) is -1.12. The van der Waals surface area contributed by atoms with E-state index in [1.54, 1.807) is 36.4 Å². The van der Waals surface area contributed by atoms with Crippen molar-refractivity contribution >= 4 is 52.2 Å². The van der Waals surface area contributed by atoms with Crippen molar-refractivity contribution in [2.45, 2.75) is 22.9 Å². The lowest BCUT2D eigenvalue weighted by atomic mass is 10.3. The Balaban J connectivity index is 1.68. The van der Waals surface area contributed by atoms with Crippen molar-refractivity contribution in [2.24, 2.45) is 0 Å². The van der Waals surface area contributed by atoms with Crippen LogP contribution >= 0.6 is 35.0 Å². The number of fused-ring (bicyclic) bond motifs is 1. The molecule has 0 atom stereocenters. The van der Waals surface area contributed by atoms with Crippen molar-refractivity contribution in [1.29, 1.82) is 0 Å². The Labute approximate surface area is 194 Å². The van der Waals surface area contributed by atoms with Crippen LogP contribution in [0.1, 0.15) is 21.9 Å². The third kappa shape index (κ3) is 4.55. The van der Waals surface area contributed by atoms with Crippen LogP contribution in [-0.4, -0.2) is 20.5 Å². The molecule has 0 aliphatic rings. The highest BCUT2D eigenvalue weighted by Crippen LogP contribution is 2.35. The average molecular weight is 497 g/mol. The van der Waals surface area contributed by atoms with Gasteiger partial charge in [0, 0.05) is 20.5 Å². The second-order valence-corrected chi connectivity index (χ2v) is 8.61. The van der Waals surface area contributed by atoms with Crippen molar-refractivity contribution in [2.75, 3.05) is 5.32 Å². The summed E-state index contributed by atoms with van der Waals surface area (Å²) in [5.74, 6) is -0.754. The number of amides is 1. The van der Waals surface area contributed by atoms with Gasteiger partial charge in [-0.3, -0.25) is 4.79 Å². The number of halogens is 5. The smallest absolute Gasteiger partial charge is 0.319 e. The van der Waals surface area contributed by atoms with Crippen LogP contribution in [0.4, 0.5) is 18.9 Å². The van der Waals surface area contributed by atoms with Gasteiger partial charge < -0.3 is 5.32 Å². The molecule has 5 nitrogen and oxygen atoms in total. The van der Waals surface area contributed by atoms with Crippen LogP contribution in [0.25, 0.3) is 5.65 Å². The molecule has 2 aromatic heterocycles. The zero-order valence-corrected chi connectivity index (χ0v) is 18.6. The van der Waals surface area contributed by atoms with E-state index in [1.165, 1.54) is 18.7 Å². The van der Waals surface area contributed by atoms with Gasteiger partial charge in [0.25, 0.3) is 5.91 Å². The van der Waals surface area contributed by atoms with E-state index in [-0.39, 0.29) is 22.1 Å². The number of nitrogens with one attached hydrogen (secondary N) is 1. The van der Waals surface area contributed by atoms with Crippen molar-refractivity contribution in [3.05, 3.63) is 81.7 Å². The molecular weight excluding hydrogens is 484 g/mol. The fourth-order valence-corrected chi connectivity index (χ4v) is 4.20. The highest BCUT2D eigenvalue weighted by atomic mass is 35.5. The van der Waals surface area contributed by atoms with Gasteiger partial charge in [-0.2, -0.15) is 18.3 Å². The largest absolute Gasteiger partial charge is 0.433 e. The van der Waals surface area contributed by atoms with E-state index in [0.29, 0.717) is 20.1 Å². The number of rotatable bonds is 4. The Morgan fingerprint density at radius 2 is 1.78 bits per heavy atom. The zero-order valence-electron chi connectivity index (χ0n) is 16.2. The molecule has 0 saturated carbocycles. The first-order valence-corrected chi connectivity index (χ1v) is 10.7. The summed E-state index contributed by atoms with van der Waals surface area (Å²) >= 11 is 13.5. The number of hydrogen-bond acceptors (Lipinski definition) is 4. The van der Waals surface area contributed by atoms with E-state index in [0.717, 1.165) is 11.0 Å². The van der Waals surface area contributed by atoms with E-state index in [2.05, 4.69) is 15.4 Å². The summed E-state index contributed by atoms with van der Waals surface area (Å²) in [6, 6.07) is 15.0. The van der Waals surface area contributed by atoms with E-state index < -0.39 is 17.8 Å². The quantitative estimate of drug-likeness (QED) is 0.338. The molecule has 0 spiro atoms. The fraction of sp³-hybridized carbons (Fsp3) is 0.0952. The van der Waals surface area contributed by atoms with E-state index in [1.807, 2.05) is 12.1 Å². The molecule has 0 aliphatic carbocycles. The number of aryl methyl sites for hydroxylation is 1. The van der Waals surface area contributed by atoms with Gasteiger partial charge >= 0.3 is 6.18 Å². The SMILES string of the molecule is Cc1cc(C(F)(F)F)n2nc(C(=O)Nc3ccccc3Sc3ccc(Cl)cc3)c(Cl)c2n1. The van der Waals surface area contributed by atoms with Gasteiger partial charge in [0.2, 0.25) is 0 Å². The third-order valence-corrected chi connectivity index (χ3v) is 6.03. The van der Waals surface area contributed by atoms with Crippen LogP contribution in [-0.2, 0) is 6.18 Å². The first-order chi connectivity index (χ1) is 15.1. The van der Waals surface area contributed by atoms with Gasteiger partial charge in [0.1, 0.15) is 10.7 Å². The third-order valence-electron chi connectivity index (χ3n) is 4.34. The Morgan fingerprint density at radius 1 is 1.09 bits per heavy atom. The standard InChI is InChI=1S/C21H13Cl2F3N4OS/c1-11-10-16(21(24,25)26)30-19(27-11)17(23)18(29-30)20(31)28-14-4-2-3-5-15(14)32-13-8-6-12(22)7-9-13/h2-10H,1H3,(H,28,31). The minimum absolute atomic E-state index is 0.100. The summed E-state index contributed by atoms with van der Waals surface area (Å²) < 4.78 is 40.8. The predicted molar refractivity (Wildman–Crippen MR) is 118 cm³/mol. The van der Waals surface area contributed by atoms with E-state index >= 15 is 0 Å². The predicted octanol–water partition coefficient (Wildman–Crippen LogP) is 6.77. The lowest BCUT2D eigenvalue weighted by Crippen LogP contribution is -2.16. The van der Waals surface area contributed by atoms with Crippen molar-refractivity contribution in [3.8, 4) is 0 Å². The van der Waals surface area contributed by atoms with Crippen LogP contribution < -0.4 is 5.32 Å². The maximum Gasteiger partial charge on any atom is 0.433 e. The number of carbonyl (C=O) groups is 1. The molecule has 0 aliphatic heterocycles. The molecule has 0 radical (unpaired) electrons. The summed E-state index contributed by atoms with van der Waals surface area (Å²) in [6.45, 7) is 1.41. The van der Waals surface area contributed by atoms with E-state index in [9.17, 15) is 18.0 Å². The normalized spacial score (nSPS) is 11.7. The first kappa shape index (κ1) is 22.4. The van der Waals surface area contributed by atoms with Crippen LogP contribution in [0.15, 0.2) is 64.4 Å². The van der Waals surface area contributed by atoms with Crippen molar-refractivity contribution in [1.82, 2.24) is 14.6 Å². The molecule has 4 aromatic rings. The number of alkyl halides is 3. The van der Waals surface area contributed by atoms with Gasteiger partial charge in [-0.25, -0.2) is 9.50 Å². The van der Waals surface area contributed by atoms with Gasteiger partial charge in [-0.05, 0) is 49.4 Å². The summed E-state index contributed by atoms with van der Waals surface area (Å²) in [7, 11) is 0. The second kappa shape index (κ2) is 8.65. The maximum absolute atomic E-state index is 13.4. The Morgan fingerprint density at radius 3 is 2.47 bits per heavy atom. The Hall–Kier alpha value is -2.75. The molecular formula is C21H13Cl2F3N4OS. The van der Waals surface area contributed by atoms with Crippen LogP contribution in [0, 0.1) is 6.92 Å². The summed E-state index contributed by atoms with van der Waals surface area (Å²) in [4.78, 5) is 18.5. The lowest BCUT2D eigenvalue weighted by Gasteiger charge is -2.10. The van der Waals surface area contributed by atoms with Crippen molar-refractivity contribution in [3.63, 3.8) is 0 Å². The molecule has 0 fully saturated rings. The number of carbonyl (C=O) groups excluding carboxylic acids is 1. The molecule has 0 saturated heterocycles. The fourth-order valence-electron chi connectivity index (χ4n) is 2.93. The molecule has 164 valence electrons. The van der Waals surface area contributed by atoms with Gasteiger partial charge in [-0.15, -0.1) is 0 Å². The number of para-hydroxylation sites is 1. The van der Waals surface area contributed by atoms with E-state index in [4.69, 9.17) is 23.2 Å². The number of hydrogen-bond donors (Lipinski definition) is 1. The number of nitrogens with zero attached hydrogens (tertiary/aromatic N) is 3. The first-order valence-electron chi connectivity index (χ1n) is 9.10. The second-order valence-electron chi connectivity index (χ2n) is 6.68. The van der Waals surface area contributed by atoms with Gasteiger partial charge in [0.05, 0.1) is 5.69 Å². The molecule has 1 N–H and O–H groups in total. The van der Waals surface area contributed by atoms with Gasteiger partial charge in [-0.1, -0.05) is 47.1 Å². The number of aromatic nitrogens is 3. The molecule has 1 amide bonds. The topological polar surface area (TPSA) is 59.3 Å². The molecule has 11 heteroatoms. The monoisotopic (exact) mass is 496 g/mol. The maximum atomic E-state index is 13.4. The number of benzene rings is 2. The number of anilines is 1. The molecule has 4 rings (SSSR count). The summed E-state index contributed by atoms with van der Waals surface area (Å²) in [6.07, 6.45) is -4.70. The zero-order chi connectivity index (χ0) is 23.0. The Kier molecular flexibility index (Phi) is 6.07. The van der Waals surface area contributed by atoms with Crippen LogP contribution in [0.5, 0.6) is 0 Å². The minimum atomic E-state index is -4.70.